The molecular formula is C20H32NO+. The summed E-state index contributed by atoms with van der Waals surface area (Å²) in [5.41, 5.74) is 2.31. The van der Waals surface area contributed by atoms with Crippen molar-refractivity contribution in [3.63, 3.8) is 0 Å². The summed E-state index contributed by atoms with van der Waals surface area (Å²) >= 11 is 0. The van der Waals surface area contributed by atoms with Crippen molar-refractivity contribution in [1.29, 1.82) is 0 Å². The van der Waals surface area contributed by atoms with Crippen molar-refractivity contribution in [3.8, 4) is 0 Å². The average molecular weight is 302 g/mol. The minimum atomic E-state index is 0.277. The molecule has 1 aromatic rings. The first-order valence-electron chi connectivity index (χ1n) is 9.02. The molecule has 1 N–H and O–H groups in total. The highest BCUT2D eigenvalue weighted by atomic mass is 16.1. The minimum absolute atomic E-state index is 0.277. The van der Waals surface area contributed by atoms with E-state index >= 15 is 0 Å². The second-order valence-electron chi connectivity index (χ2n) is 7.26. The van der Waals surface area contributed by atoms with Gasteiger partial charge in [0.2, 0.25) is 0 Å². The van der Waals surface area contributed by atoms with Crippen LogP contribution >= 0.6 is 0 Å². The Kier molecular flexibility index (Phi) is 6.63. The standard InChI is InChI=1S/C20H31NO/c1-4-5-16-6-8-17(9-7-16)18-10-12-19(13-11-18)20(22)14-15-21(2)3/h10-13,16-17H,4-9,14-15H2,1-3H3/p+1. The molecule has 0 heterocycles. The predicted octanol–water partition coefficient (Wildman–Crippen LogP) is 3.48. The van der Waals surface area contributed by atoms with E-state index in [0.29, 0.717) is 12.3 Å². The van der Waals surface area contributed by atoms with Crippen LogP contribution in [-0.2, 0) is 0 Å². The molecule has 1 aromatic carbocycles. The molecule has 0 radical (unpaired) electrons. The van der Waals surface area contributed by atoms with Crippen molar-refractivity contribution in [1.82, 2.24) is 0 Å². The van der Waals surface area contributed by atoms with Crippen molar-refractivity contribution < 1.29 is 9.69 Å². The van der Waals surface area contributed by atoms with Crippen LogP contribution < -0.4 is 4.90 Å². The normalized spacial score (nSPS) is 22.0. The van der Waals surface area contributed by atoms with Gasteiger partial charge in [-0.3, -0.25) is 4.79 Å². The Hall–Kier alpha value is -1.15. The Morgan fingerprint density at radius 2 is 1.73 bits per heavy atom. The van der Waals surface area contributed by atoms with E-state index in [0.717, 1.165) is 18.0 Å². The lowest BCUT2D eigenvalue weighted by Crippen LogP contribution is -3.05. The zero-order valence-corrected chi connectivity index (χ0v) is 14.5. The molecule has 2 rings (SSSR count). The number of rotatable bonds is 7. The lowest BCUT2D eigenvalue weighted by atomic mass is 9.77. The Balaban J connectivity index is 1.88. The summed E-state index contributed by atoms with van der Waals surface area (Å²) in [7, 11) is 4.18. The molecule has 0 saturated heterocycles. The van der Waals surface area contributed by atoms with Crippen molar-refractivity contribution in [3.05, 3.63) is 35.4 Å². The lowest BCUT2D eigenvalue weighted by molar-refractivity contribution is -0.857. The fourth-order valence-corrected chi connectivity index (χ4v) is 3.64. The topological polar surface area (TPSA) is 21.5 Å². The average Bonchev–Trinajstić information content (AvgIpc) is 2.54. The van der Waals surface area contributed by atoms with Crippen LogP contribution in [0.5, 0.6) is 0 Å². The van der Waals surface area contributed by atoms with Crippen LogP contribution in [0.1, 0.15) is 73.7 Å². The highest BCUT2D eigenvalue weighted by molar-refractivity contribution is 5.96. The molecule has 1 saturated carbocycles. The molecule has 2 heteroatoms. The van der Waals surface area contributed by atoms with Crippen LogP contribution in [-0.4, -0.2) is 26.4 Å². The molecule has 0 aliphatic heterocycles. The summed E-state index contributed by atoms with van der Waals surface area (Å²) < 4.78 is 0. The van der Waals surface area contributed by atoms with E-state index in [4.69, 9.17) is 0 Å². The predicted molar refractivity (Wildman–Crippen MR) is 92.7 cm³/mol. The maximum absolute atomic E-state index is 12.1. The Labute approximate surface area is 135 Å². The SMILES string of the molecule is CCCC1CCC(c2ccc(C(=O)CC[NH+](C)C)cc2)CC1. The number of ketones is 1. The first-order valence-corrected chi connectivity index (χ1v) is 9.02. The molecule has 0 amide bonds. The van der Waals surface area contributed by atoms with E-state index in [9.17, 15) is 4.79 Å². The largest absolute Gasteiger partial charge is 0.339 e. The molecule has 2 nitrogen and oxygen atoms in total. The van der Waals surface area contributed by atoms with Crippen LogP contribution in [0, 0.1) is 5.92 Å². The van der Waals surface area contributed by atoms with E-state index in [1.165, 1.54) is 49.0 Å². The maximum Gasteiger partial charge on any atom is 0.168 e. The van der Waals surface area contributed by atoms with Gasteiger partial charge < -0.3 is 4.90 Å². The number of quaternary nitrogens is 1. The molecule has 0 aromatic heterocycles. The molecule has 0 unspecified atom stereocenters. The number of carbonyl (C=O) groups excluding carboxylic acids is 1. The van der Waals surface area contributed by atoms with Crippen LogP contribution in [0.15, 0.2) is 24.3 Å². The van der Waals surface area contributed by atoms with E-state index in [1.54, 1.807) is 0 Å². The summed E-state index contributed by atoms with van der Waals surface area (Å²) in [4.78, 5) is 13.5. The molecular weight excluding hydrogens is 270 g/mol. The first kappa shape index (κ1) is 17.2. The summed E-state index contributed by atoms with van der Waals surface area (Å²) in [5.74, 6) is 1.94. The van der Waals surface area contributed by atoms with Gasteiger partial charge in [0.05, 0.1) is 27.1 Å². The van der Waals surface area contributed by atoms with Gasteiger partial charge in [-0.25, -0.2) is 0 Å². The van der Waals surface area contributed by atoms with Gasteiger partial charge in [0, 0.05) is 5.56 Å². The van der Waals surface area contributed by atoms with E-state index < -0.39 is 0 Å². The van der Waals surface area contributed by atoms with Crippen LogP contribution in [0.3, 0.4) is 0 Å². The number of carbonyl (C=O) groups is 1. The van der Waals surface area contributed by atoms with Crippen LogP contribution in [0.4, 0.5) is 0 Å². The first-order chi connectivity index (χ1) is 10.6. The summed E-state index contributed by atoms with van der Waals surface area (Å²) in [6.07, 6.45) is 8.76. The van der Waals surface area contributed by atoms with Crippen LogP contribution in [0.25, 0.3) is 0 Å². The zero-order chi connectivity index (χ0) is 15.9. The van der Waals surface area contributed by atoms with Crippen molar-refractivity contribution in [2.45, 2.75) is 57.8 Å². The number of benzene rings is 1. The van der Waals surface area contributed by atoms with Gasteiger partial charge in [-0.2, -0.15) is 0 Å². The van der Waals surface area contributed by atoms with Crippen molar-refractivity contribution in [2.24, 2.45) is 5.92 Å². The Morgan fingerprint density at radius 1 is 1.09 bits per heavy atom. The summed E-state index contributed by atoms with van der Waals surface area (Å²) in [5, 5.41) is 0. The van der Waals surface area contributed by atoms with Gasteiger partial charge in [0.25, 0.3) is 0 Å². The fraction of sp³-hybridized carbons (Fsp3) is 0.650. The van der Waals surface area contributed by atoms with Crippen molar-refractivity contribution >= 4 is 5.78 Å². The lowest BCUT2D eigenvalue weighted by Gasteiger charge is -2.28. The molecule has 22 heavy (non-hydrogen) atoms. The highest BCUT2D eigenvalue weighted by Gasteiger charge is 2.21. The Bertz CT molecular complexity index is 455. The van der Waals surface area contributed by atoms with Crippen LogP contribution in [0.2, 0.25) is 0 Å². The van der Waals surface area contributed by atoms with Gasteiger partial charge >= 0.3 is 0 Å². The second-order valence-corrected chi connectivity index (χ2v) is 7.26. The highest BCUT2D eigenvalue weighted by Crippen LogP contribution is 2.37. The molecule has 1 aliphatic rings. The quantitative estimate of drug-likeness (QED) is 0.765. The molecule has 1 aliphatic carbocycles. The summed E-state index contributed by atoms with van der Waals surface area (Å²) in [6, 6.07) is 8.47. The third-order valence-corrected chi connectivity index (χ3v) is 5.10. The molecule has 1 fully saturated rings. The van der Waals surface area contributed by atoms with Crippen molar-refractivity contribution in [2.75, 3.05) is 20.6 Å². The summed E-state index contributed by atoms with van der Waals surface area (Å²) in [6.45, 7) is 3.20. The van der Waals surface area contributed by atoms with Gasteiger partial charge in [-0.1, -0.05) is 44.0 Å². The molecule has 0 spiro atoms. The van der Waals surface area contributed by atoms with Gasteiger partial charge in [-0.05, 0) is 43.1 Å². The smallest absolute Gasteiger partial charge is 0.168 e. The third kappa shape index (κ3) is 4.95. The van der Waals surface area contributed by atoms with E-state index in [2.05, 4.69) is 33.2 Å². The minimum Gasteiger partial charge on any atom is -0.339 e. The number of hydrogen-bond donors (Lipinski definition) is 1. The molecule has 0 bridgehead atoms. The molecule has 0 atom stereocenters. The third-order valence-electron chi connectivity index (χ3n) is 5.10. The number of nitrogens with one attached hydrogen (secondary N) is 1. The zero-order valence-electron chi connectivity index (χ0n) is 14.5. The number of Topliss-reactive ketones (excluding diaryl/α,β-unsaturated/α-hetero) is 1. The van der Waals surface area contributed by atoms with Gasteiger partial charge in [-0.15, -0.1) is 0 Å². The fourth-order valence-electron chi connectivity index (χ4n) is 3.64. The number of hydrogen-bond acceptors (Lipinski definition) is 1. The molecule has 122 valence electrons. The second kappa shape index (κ2) is 8.47. The monoisotopic (exact) mass is 302 g/mol. The van der Waals surface area contributed by atoms with E-state index in [-0.39, 0.29) is 5.78 Å². The Morgan fingerprint density at radius 3 is 2.27 bits per heavy atom. The van der Waals surface area contributed by atoms with E-state index in [1.807, 2.05) is 12.1 Å². The van der Waals surface area contributed by atoms with Gasteiger partial charge in [0.1, 0.15) is 0 Å². The van der Waals surface area contributed by atoms with Gasteiger partial charge in [0.15, 0.2) is 5.78 Å². The maximum atomic E-state index is 12.1.